The number of likely N-dealkylation sites (tertiary alicyclic amines) is 1. The van der Waals surface area contributed by atoms with Crippen molar-refractivity contribution in [3.63, 3.8) is 0 Å². The Morgan fingerprint density at radius 2 is 1.91 bits per heavy atom. The minimum Gasteiger partial charge on any atom is -0.450 e. The van der Waals surface area contributed by atoms with E-state index in [2.05, 4.69) is 10.6 Å². The lowest BCUT2D eigenvalue weighted by atomic mass is 10.0. The van der Waals surface area contributed by atoms with E-state index >= 15 is 0 Å². The number of carbonyl (C=O) groups is 3. The molecule has 2 aliphatic heterocycles. The zero-order valence-electron chi connectivity index (χ0n) is 18.7. The lowest BCUT2D eigenvalue weighted by Crippen LogP contribution is -2.46. The number of hydrogen-bond donors (Lipinski definition) is 2. The Bertz CT molecular complexity index is 1090. The van der Waals surface area contributed by atoms with Crippen LogP contribution in [0.4, 0.5) is 10.5 Å². The summed E-state index contributed by atoms with van der Waals surface area (Å²) in [4.78, 5) is 40.4. The van der Waals surface area contributed by atoms with Gasteiger partial charge < -0.3 is 20.3 Å². The Morgan fingerprint density at radius 1 is 1.18 bits per heavy atom. The van der Waals surface area contributed by atoms with Crippen molar-refractivity contribution in [3.05, 3.63) is 64.1 Å². The summed E-state index contributed by atoms with van der Waals surface area (Å²) in [7, 11) is 0. The third kappa shape index (κ3) is 5.57. The first-order valence-corrected chi connectivity index (χ1v) is 11.9. The first kappa shape index (κ1) is 22.9. The predicted molar refractivity (Wildman–Crippen MR) is 129 cm³/mol. The lowest BCUT2D eigenvalue weighted by Gasteiger charge is -2.31. The number of fused-ring (bicyclic) bond motifs is 1. The van der Waals surface area contributed by atoms with Crippen molar-refractivity contribution < 1.29 is 19.1 Å². The van der Waals surface area contributed by atoms with E-state index in [1.165, 1.54) is 17.3 Å². The van der Waals surface area contributed by atoms with Crippen molar-refractivity contribution >= 4 is 41.4 Å². The Labute approximate surface area is 197 Å². The molecule has 1 fully saturated rings. The molecule has 2 aromatic carbocycles. The normalized spacial score (nSPS) is 17.3. The summed E-state index contributed by atoms with van der Waals surface area (Å²) in [5.41, 5.74) is 3.26. The van der Waals surface area contributed by atoms with Gasteiger partial charge in [0, 0.05) is 29.6 Å². The average Bonchev–Trinajstić information content (AvgIpc) is 2.81. The van der Waals surface area contributed by atoms with Gasteiger partial charge in [-0.1, -0.05) is 41.6 Å². The molecule has 0 spiro atoms. The van der Waals surface area contributed by atoms with E-state index in [0.29, 0.717) is 48.7 Å². The van der Waals surface area contributed by atoms with Crippen molar-refractivity contribution in [1.82, 2.24) is 10.2 Å². The number of anilines is 1. The standard InChI is InChI=1S/C25H27N3O4S/c1-3-32-25(31)28-12-10-19(11-13-28)26-23(29)18-8-9-21-20(15-18)27-24(30)22(33-21)14-17-6-4-16(2)5-7-17/h4-9,14-15,19H,3,10-13H2,1-2H3,(H,26,29)(H,27,30). The summed E-state index contributed by atoms with van der Waals surface area (Å²) in [6, 6.07) is 13.3. The van der Waals surface area contributed by atoms with Crippen LogP contribution in [0, 0.1) is 6.92 Å². The smallest absolute Gasteiger partial charge is 0.409 e. The summed E-state index contributed by atoms with van der Waals surface area (Å²) in [5, 5.41) is 5.95. The van der Waals surface area contributed by atoms with Crippen LogP contribution in [0.1, 0.15) is 41.3 Å². The number of ether oxygens (including phenoxy) is 1. The highest BCUT2D eigenvalue weighted by Gasteiger charge is 2.26. The fourth-order valence-electron chi connectivity index (χ4n) is 3.81. The number of rotatable bonds is 4. The number of piperidine rings is 1. The molecule has 2 N–H and O–H groups in total. The molecule has 3 amide bonds. The highest BCUT2D eigenvalue weighted by atomic mass is 32.2. The van der Waals surface area contributed by atoms with Gasteiger partial charge in [-0.25, -0.2) is 4.79 Å². The van der Waals surface area contributed by atoms with Crippen molar-refractivity contribution in [2.75, 3.05) is 25.0 Å². The van der Waals surface area contributed by atoms with Crippen LogP contribution in [0.3, 0.4) is 0 Å². The molecule has 4 rings (SSSR count). The molecule has 172 valence electrons. The van der Waals surface area contributed by atoms with E-state index in [1.54, 1.807) is 24.0 Å². The van der Waals surface area contributed by atoms with Crippen LogP contribution in [0.2, 0.25) is 0 Å². The van der Waals surface area contributed by atoms with E-state index < -0.39 is 0 Å². The third-order valence-electron chi connectivity index (χ3n) is 5.66. The molecule has 0 saturated carbocycles. The topological polar surface area (TPSA) is 87.7 Å². The van der Waals surface area contributed by atoms with Gasteiger partial charge >= 0.3 is 6.09 Å². The molecule has 0 unspecified atom stereocenters. The molecule has 0 radical (unpaired) electrons. The second kappa shape index (κ2) is 10.1. The van der Waals surface area contributed by atoms with Gasteiger partial charge in [-0.15, -0.1) is 0 Å². The van der Waals surface area contributed by atoms with E-state index in [9.17, 15) is 14.4 Å². The van der Waals surface area contributed by atoms with Crippen LogP contribution in [0.25, 0.3) is 6.08 Å². The molecule has 7 nitrogen and oxygen atoms in total. The molecule has 0 atom stereocenters. The Kier molecular flexibility index (Phi) is 7.03. The van der Waals surface area contributed by atoms with Crippen LogP contribution in [0.5, 0.6) is 0 Å². The van der Waals surface area contributed by atoms with Crippen molar-refractivity contribution in [3.8, 4) is 0 Å². The minimum absolute atomic E-state index is 0.00720. The summed E-state index contributed by atoms with van der Waals surface area (Å²) in [6.07, 6.45) is 2.91. The van der Waals surface area contributed by atoms with Gasteiger partial charge in [-0.2, -0.15) is 0 Å². The van der Waals surface area contributed by atoms with Crippen LogP contribution < -0.4 is 10.6 Å². The molecule has 0 aliphatic carbocycles. The van der Waals surface area contributed by atoms with Crippen molar-refractivity contribution in [2.45, 2.75) is 37.6 Å². The second-order valence-electron chi connectivity index (χ2n) is 8.12. The third-order valence-corrected chi connectivity index (χ3v) is 6.76. The Balaban J connectivity index is 1.38. The van der Waals surface area contributed by atoms with Crippen LogP contribution in [-0.4, -0.2) is 48.5 Å². The van der Waals surface area contributed by atoms with Gasteiger partial charge in [-0.05, 0) is 56.5 Å². The van der Waals surface area contributed by atoms with Gasteiger partial charge in [0.25, 0.3) is 11.8 Å². The summed E-state index contributed by atoms with van der Waals surface area (Å²) in [5.74, 6) is -0.371. The number of nitrogens with zero attached hydrogens (tertiary/aromatic N) is 1. The average molecular weight is 466 g/mol. The van der Waals surface area contributed by atoms with Gasteiger partial charge in [0.1, 0.15) is 0 Å². The van der Waals surface area contributed by atoms with Crippen molar-refractivity contribution in [2.24, 2.45) is 0 Å². The number of benzene rings is 2. The van der Waals surface area contributed by atoms with E-state index in [0.717, 1.165) is 10.5 Å². The van der Waals surface area contributed by atoms with Gasteiger partial charge in [0.2, 0.25) is 0 Å². The highest BCUT2D eigenvalue weighted by molar-refractivity contribution is 8.04. The zero-order valence-corrected chi connectivity index (χ0v) is 19.5. The largest absolute Gasteiger partial charge is 0.450 e. The monoisotopic (exact) mass is 465 g/mol. The molecule has 2 heterocycles. The molecule has 2 aromatic rings. The number of aryl methyl sites for hydroxylation is 1. The first-order valence-electron chi connectivity index (χ1n) is 11.1. The van der Waals surface area contributed by atoms with Crippen LogP contribution in [-0.2, 0) is 9.53 Å². The number of thioether (sulfide) groups is 1. The number of carbonyl (C=O) groups excluding carboxylic acids is 3. The second-order valence-corrected chi connectivity index (χ2v) is 9.20. The van der Waals surface area contributed by atoms with Crippen molar-refractivity contribution in [1.29, 1.82) is 0 Å². The molecular weight excluding hydrogens is 438 g/mol. The van der Waals surface area contributed by atoms with Gasteiger partial charge in [0.15, 0.2) is 0 Å². The summed E-state index contributed by atoms with van der Waals surface area (Å²) in [6.45, 7) is 5.26. The quantitative estimate of drug-likeness (QED) is 0.652. The molecule has 2 aliphatic rings. The Morgan fingerprint density at radius 3 is 2.61 bits per heavy atom. The molecular formula is C25H27N3O4S. The molecule has 33 heavy (non-hydrogen) atoms. The maximum absolute atomic E-state index is 12.8. The SMILES string of the molecule is CCOC(=O)N1CCC(NC(=O)c2ccc3c(c2)NC(=O)C(=Cc2ccc(C)cc2)S3)CC1. The van der Waals surface area contributed by atoms with Crippen LogP contribution >= 0.6 is 11.8 Å². The molecule has 0 bridgehead atoms. The molecule has 0 aromatic heterocycles. The first-order chi connectivity index (χ1) is 15.9. The summed E-state index contributed by atoms with van der Waals surface area (Å²) < 4.78 is 5.03. The molecule has 1 saturated heterocycles. The van der Waals surface area contributed by atoms with E-state index in [4.69, 9.17) is 4.74 Å². The van der Waals surface area contributed by atoms with Crippen LogP contribution in [0.15, 0.2) is 52.3 Å². The maximum Gasteiger partial charge on any atom is 0.409 e. The maximum atomic E-state index is 12.8. The molecule has 8 heteroatoms. The fraction of sp³-hybridized carbons (Fsp3) is 0.320. The predicted octanol–water partition coefficient (Wildman–Crippen LogP) is 4.43. The van der Waals surface area contributed by atoms with E-state index in [-0.39, 0.29) is 23.9 Å². The number of amides is 3. The Hall–Kier alpha value is -3.26. The van der Waals surface area contributed by atoms with Gasteiger partial charge in [-0.3, -0.25) is 9.59 Å². The van der Waals surface area contributed by atoms with Gasteiger partial charge in [0.05, 0.1) is 17.2 Å². The number of hydrogen-bond acceptors (Lipinski definition) is 5. The lowest BCUT2D eigenvalue weighted by molar-refractivity contribution is -0.112. The van der Waals surface area contributed by atoms with E-state index in [1.807, 2.05) is 43.3 Å². The summed E-state index contributed by atoms with van der Waals surface area (Å²) >= 11 is 1.40. The fourth-order valence-corrected chi connectivity index (χ4v) is 4.74. The highest BCUT2D eigenvalue weighted by Crippen LogP contribution is 2.39. The minimum atomic E-state index is -0.305. The zero-order chi connectivity index (χ0) is 23.4. The number of nitrogens with one attached hydrogen (secondary N) is 2.